The lowest BCUT2D eigenvalue weighted by Crippen LogP contribution is -2.21. The number of hydrogen-bond donors (Lipinski definition) is 2. The van der Waals surface area contributed by atoms with Gasteiger partial charge in [-0.3, -0.25) is 0 Å². The zero-order valence-electron chi connectivity index (χ0n) is 10.5. The molecule has 1 saturated heterocycles. The highest BCUT2D eigenvalue weighted by molar-refractivity contribution is 7.91. The monoisotopic (exact) mass is 304 g/mol. The Bertz CT molecular complexity index is 695. The fraction of sp³-hybridized carbons (Fsp3) is 0.455. The quantitative estimate of drug-likeness (QED) is 0.832. The zero-order valence-corrected chi connectivity index (χ0v) is 12.1. The van der Waals surface area contributed by atoms with E-state index in [0.29, 0.717) is 12.1 Å². The second-order valence-corrected chi connectivity index (χ2v) is 8.56. The lowest BCUT2D eigenvalue weighted by molar-refractivity contribution is 0.597. The molecule has 0 amide bonds. The van der Waals surface area contributed by atoms with E-state index in [-0.39, 0.29) is 22.4 Å². The van der Waals surface area contributed by atoms with Crippen LogP contribution in [0.4, 0.5) is 5.69 Å². The van der Waals surface area contributed by atoms with Crippen LogP contribution in [0.2, 0.25) is 0 Å². The second kappa shape index (κ2) is 4.77. The number of nitrogens with two attached hydrogens (primary N) is 1. The Balaban J connectivity index is 2.26. The summed E-state index contributed by atoms with van der Waals surface area (Å²) in [6.07, 6.45) is 0.529. The Hall–Kier alpha value is -1.12. The summed E-state index contributed by atoms with van der Waals surface area (Å²) in [6, 6.07) is 4.34. The highest BCUT2D eigenvalue weighted by Gasteiger charge is 2.28. The van der Waals surface area contributed by atoms with E-state index in [1.54, 1.807) is 6.07 Å². The van der Waals surface area contributed by atoms with Crippen molar-refractivity contribution in [2.75, 3.05) is 16.8 Å². The number of anilines is 1. The molecule has 0 aromatic heterocycles. The molecule has 1 atom stereocenters. The number of hydrogen-bond acceptors (Lipinski definition) is 5. The molecule has 1 aromatic carbocycles. The van der Waals surface area contributed by atoms with E-state index in [0.717, 1.165) is 5.56 Å². The van der Waals surface area contributed by atoms with Crippen LogP contribution in [-0.2, 0) is 19.9 Å². The summed E-state index contributed by atoms with van der Waals surface area (Å²) in [4.78, 5) is 0.0152. The zero-order chi connectivity index (χ0) is 14.3. The average molecular weight is 304 g/mol. The maximum Gasteiger partial charge on any atom is 0.238 e. The van der Waals surface area contributed by atoms with Crippen LogP contribution in [0.25, 0.3) is 0 Å². The number of sulfonamides is 1. The molecule has 106 valence electrons. The second-order valence-electron chi connectivity index (χ2n) is 4.77. The first-order chi connectivity index (χ1) is 8.67. The van der Waals surface area contributed by atoms with Gasteiger partial charge in [-0.25, -0.2) is 22.0 Å². The van der Waals surface area contributed by atoms with Gasteiger partial charge in [-0.1, -0.05) is 6.07 Å². The van der Waals surface area contributed by atoms with Crippen molar-refractivity contribution in [2.24, 2.45) is 5.14 Å². The summed E-state index contributed by atoms with van der Waals surface area (Å²) in [5, 5.41) is 8.15. The molecule has 3 N–H and O–H groups in total. The van der Waals surface area contributed by atoms with Gasteiger partial charge in [-0.2, -0.15) is 0 Å². The van der Waals surface area contributed by atoms with Crippen LogP contribution >= 0.6 is 0 Å². The summed E-state index contributed by atoms with van der Waals surface area (Å²) >= 11 is 0. The van der Waals surface area contributed by atoms with Gasteiger partial charge in [0.05, 0.1) is 16.4 Å². The first-order valence-electron chi connectivity index (χ1n) is 5.78. The summed E-state index contributed by atoms with van der Waals surface area (Å²) in [5.74, 6) is 0.241. The van der Waals surface area contributed by atoms with Crippen LogP contribution in [0.1, 0.15) is 12.0 Å². The number of rotatable bonds is 3. The van der Waals surface area contributed by atoms with Gasteiger partial charge in [-0.05, 0) is 31.0 Å². The standard InChI is InChI=1S/C11H16N2O4S2/c1-8-2-3-10(19(12,16)17)6-11(8)13-9-4-5-18(14,15)7-9/h2-3,6,9,13H,4-5,7H2,1H3,(H2,12,16,17). The predicted octanol–water partition coefficient (Wildman–Crippen LogP) is 0.241. The van der Waals surface area contributed by atoms with E-state index in [9.17, 15) is 16.8 Å². The lowest BCUT2D eigenvalue weighted by Gasteiger charge is -2.15. The normalized spacial score (nSPS) is 22.3. The fourth-order valence-corrected chi connectivity index (χ4v) is 4.28. The molecule has 0 aliphatic carbocycles. The van der Waals surface area contributed by atoms with E-state index in [1.165, 1.54) is 12.1 Å². The molecular formula is C11H16N2O4S2. The Morgan fingerprint density at radius 1 is 1.37 bits per heavy atom. The summed E-state index contributed by atoms with van der Waals surface area (Å²) in [7, 11) is -6.73. The van der Waals surface area contributed by atoms with E-state index in [2.05, 4.69) is 5.32 Å². The minimum absolute atomic E-state index is 0.0152. The Labute approximate surface area is 113 Å². The first kappa shape index (κ1) is 14.3. The molecule has 1 heterocycles. The van der Waals surface area contributed by atoms with Crippen molar-refractivity contribution >= 4 is 25.5 Å². The number of sulfone groups is 1. The van der Waals surface area contributed by atoms with Gasteiger partial charge >= 0.3 is 0 Å². The van der Waals surface area contributed by atoms with E-state index >= 15 is 0 Å². The van der Waals surface area contributed by atoms with Crippen molar-refractivity contribution in [3.63, 3.8) is 0 Å². The van der Waals surface area contributed by atoms with Crippen LogP contribution in [0, 0.1) is 6.92 Å². The molecule has 0 radical (unpaired) electrons. The van der Waals surface area contributed by atoms with Gasteiger partial charge in [0.2, 0.25) is 10.0 Å². The molecule has 1 aromatic rings. The maximum absolute atomic E-state index is 11.4. The molecule has 6 nitrogen and oxygen atoms in total. The molecule has 1 aliphatic heterocycles. The van der Waals surface area contributed by atoms with Crippen LogP contribution < -0.4 is 10.5 Å². The molecule has 1 unspecified atom stereocenters. The summed E-state index contributed by atoms with van der Waals surface area (Å²) in [6.45, 7) is 1.82. The third-order valence-electron chi connectivity index (χ3n) is 3.13. The molecule has 0 spiro atoms. The van der Waals surface area contributed by atoms with Crippen molar-refractivity contribution in [1.82, 2.24) is 0 Å². The molecule has 1 fully saturated rings. The van der Waals surface area contributed by atoms with Crippen LogP contribution in [0.5, 0.6) is 0 Å². The number of primary sulfonamides is 1. The van der Waals surface area contributed by atoms with Gasteiger partial charge in [0.1, 0.15) is 0 Å². The van der Waals surface area contributed by atoms with Crippen LogP contribution in [0.15, 0.2) is 23.1 Å². The number of benzene rings is 1. The van der Waals surface area contributed by atoms with Crippen molar-refractivity contribution in [1.29, 1.82) is 0 Å². The SMILES string of the molecule is Cc1ccc(S(N)(=O)=O)cc1NC1CCS(=O)(=O)C1. The molecular weight excluding hydrogens is 288 g/mol. The molecule has 2 rings (SSSR count). The van der Waals surface area contributed by atoms with Crippen molar-refractivity contribution in [3.8, 4) is 0 Å². The largest absolute Gasteiger partial charge is 0.381 e. The van der Waals surface area contributed by atoms with Gasteiger partial charge in [-0.15, -0.1) is 0 Å². The lowest BCUT2D eigenvalue weighted by atomic mass is 10.1. The Morgan fingerprint density at radius 3 is 2.58 bits per heavy atom. The van der Waals surface area contributed by atoms with Crippen LogP contribution in [-0.4, -0.2) is 34.4 Å². The third-order valence-corrected chi connectivity index (χ3v) is 5.81. The Morgan fingerprint density at radius 2 is 2.05 bits per heavy atom. The van der Waals surface area contributed by atoms with E-state index in [4.69, 9.17) is 5.14 Å². The van der Waals surface area contributed by atoms with Crippen molar-refractivity contribution < 1.29 is 16.8 Å². The smallest absolute Gasteiger partial charge is 0.238 e. The topological polar surface area (TPSA) is 106 Å². The van der Waals surface area contributed by atoms with Crippen molar-refractivity contribution in [3.05, 3.63) is 23.8 Å². The highest BCUT2D eigenvalue weighted by Crippen LogP contribution is 2.23. The van der Waals surface area contributed by atoms with Gasteiger partial charge in [0.15, 0.2) is 9.84 Å². The molecule has 1 aliphatic rings. The maximum atomic E-state index is 11.4. The van der Waals surface area contributed by atoms with Crippen LogP contribution in [0.3, 0.4) is 0 Å². The third kappa shape index (κ3) is 3.46. The van der Waals surface area contributed by atoms with E-state index < -0.39 is 19.9 Å². The molecule has 0 bridgehead atoms. The minimum Gasteiger partial charge on any atom is -0.381 e. The predicted molar refractivity (Wildman–Crippen MR) is 73.2 cm³/mol. The minimum atomic E-state index is -3.76. The van der Waals surface area contributed by atoms with Gasteiger partial charge in [0.25, 0.3) is 0 Å². The van der Waals surface area contributed by atoms with Crippen molar-refractivity contribution in [2.45, 2.75) is 24.3 Å². The first-order valence-corrected chi connectivity index (χ1v) is 9.14. The summed E-state index contributed by atoms with van der Waals surface area (Å²) < 4.78 is 45.4. The average Bonchev–Trinajstić information content (AvgIpc) is 2.60. The van der Waals surface area contributed by atoms with Gasteiger partial charge < -0.3 is 5.32 Å². The number of aryl methyl sites for hydroxylation is 1. The number of nitrogens with one attached hydrogen (secondary N) is 1. The molecule has 0 saturated carbocycles. The highest BCUT2D eigenvalue weighted by atomic mass is 32.2. The van der Waals surface area contributed by atoms with E-state index in [1.807, 2.05) is 6.92 Å². The summed E-state index contributed by atoms with van der Waals surface area (Å²) in [5.41, 5.74) is 1.45. The fourth-order valence-electron chi connectivity index (χ4n) is 2.06. The van der Waals surface area contributed by atoms with Gasteiger partial charge in [0, 0.05) is 11.7 Å². The molecule has 8 heteroatoms. The Kier molecular flexibility index (Phi) is 3.59. The molecule has 19 heavy (non-hydrogen) atoms.